The van der Waals surface area contributed by atoms with E-state index in [0.29, 0.717) is 0 Å². The fourth-order valence-electron chi connectivity index (χ4n) is 1.32. The van der Waals surface area contributed by atoms with E-state index in [2.05, 4.69) is 4.98 Å². The summed E-state index contributed by atoms with van der Waals surface area (Å²) in [7, 11) is 0. The Kier molecular flexibility index (Phi) is 2.15. The van der Waals surface area contributed by atoms with E-state index in [1.807, 2.05) is 12.3 Å². The fraction of sp³-hybridized carbons (Fsp3) is 0.667. The van der Waals surface area contributed by atoms with Gasteiger partial charge < -0.3 is 5.11 Å². The summed E-state index contributed by atoms with van der Waals surface area (Å²) in [6.45, 7) is 1.97. The summed E-state index contributed by atoms with van der Waals surface area (Å²) in [6.07, 6.45) is 3.17. The lowest BCUT2D eigenvalue weighted by atomic mass is 10.1. The van der Waals surface area contributed by atoms with Gasteiger partial charge in [0, 0.05) is 5.38 Å². The molecule has 1 aromatic rings. The first-order valence-electron chi connectivity index (χ1n) is 4.36. The Morgan fingerprint density at radius 1 is 1.75 bits per heavy atom. The van der Waals surface area contributed by atoms with Gasteiger partial charge in [-0.2, -0.15) is 0 Å². The van der Waals surface area contributed by atoms with Gasteiger partial charge in [-0.25, -0.2) is 4.98 Å². The molecule has 1 aromatic heterocycles. The molecule has 0 amide bonds. The first-order valence-corrected chi connectivity index (χ1v) is 5.24. The van der Waals surface area contributed by atoms with E-state index in [-0.39, 0.29) is 6.10 Å². The zero-order valence-corrected chi connectivity index (χ0v) is 7.97. The third kappa shape index (κ3) is 1.84. The SMILES string of the molecule is Cc1nc(C(O)CC2CC2)cs1. The Hall–Kier alpha value is -0.410. The van der Waals surface area contributed by atoms with Crippen LogP contribution in [0.3, 0.4) is 0 Å². The first-order chi connectivity index (χ1) is 5.75. The maximum absolute atomic E-state index is 9.69. The zero-order chi connectivity index (χ0) is 8.55. The number of aliphatic hydroxyl groups excluding tert-OH is 1. The lowest BCUT2D eigenvalue weighted by molar-refractivity contribution is 0.156. The molecule has 3 heteroatoms. The van der Waals surface area contributed by atoms with Gasteiger partial charge in [-0.1, -0.05) is 12.8 Å². The van der Waals surface area contributed by atoms with Gasteiger partial charge in [-0.15, -0.1) is 11.3 Å². The Labute approximate surface area is 76.3 Å². The first kappa shape index (κ1) is 8.20. The van der Waals surface area contributed by atoms with Crippen molar-refractivity contribution < 1.29 is 5.11 Å². The van der Waals surface area contributed by atoms with Crippen molar-refractivity contribution in [1.82, 2.24) is 4.98 Å². The molecule has 2 nitrogen and oxygen atoms in total. The Morgan fingerprint density at radius 3 is 3.00 bits per heavy atom. The highest BCUT2D eigenvalue weighted by Crippen LogP contribution is 2.37. The second-order valence-electron chi connectivity index (χ2n) is 3.49. The van der Waals surface area contributed by atoms with Crippen LogP contribution in [0, 0.1) is 12.8 Å². The Bertz CT molecular complexity index is 267. The van der Waals surface area contributed by atoms with E-state index in [4.69, 9.17) is 0 Å². The maximum Gasteiger partial charge on any atom is 0.0971 e. The molecule has 0 radical (unpaired) electrons. The molecule has 1 aliphatic rings. The molecule has 0 aromatic carbocycles. The molecule has 1 saturated carbocycles. The van der Waals surface area contributed by atoms with Crippen molar-refractivity contribution in [1.29, 1.82) is 0 Å². The number of aliphatic hydroxyl groups is 1. The van der Waals surface area contributed by atoms with Crippen molar-refractivity contribution in [2.45, 2.75) is 32.3 Å². The largest absolute Gasteiger partial charge is 0.387 e. The number of nitrogens with zero attached hydrogens (tertiary/aromatic N) is 1. The van der Waals surface area contributed by atoms with Gasteiger partial charge in [0.2, 0.25) is 0 Å². The van der Waals surface area contributed by atoms with Crippen LogP contribution >= 0.6 is 11.3 Å². The summed E-state index contributed by atoms with van der Waals surface area (Å²) in [5.41, 5.74) is 0.865. The van der Waals surface area contributed by atoms with Crippen LogP contribution < -0.4 is 0 Å². The van der Waals surface area contributed by atoms with Crippen molar-refractivity contribution in [3.8, 4) is 0 Å². The average molecular weight is 183 g/mol. The van der Waals surface area contributed by atoms with Crippen LogP contribution in [0.5, 0.6) is 0 Å². The highest BCUT2D eigenvalue weighted by Gasteiger charge is 2.25. The number of hydrogen-bond acceptors (Lipinski definition) is 3. The molecule has 1 atom stereocenters. The molecule has 66 valence electrons. The van der Waals surface area contributed by atoms with E-state index in [0.717, 1.165) is 23.0 Å². The third-order valence-electron chi connectivity index (χ3n) is 2.23. The van der Waals surface area contributed by atoms with E-state index in [9.17, 15) is 5.11 Å². The number of aryl methyl sites for hydroxylation is 1. The summed E-state index contributed by atoms with van der Waals surface area (Å²) in [6, 6.07) is 0. The van der Waals surface area contributed by atoms with Gasteiger partial charge in [0.05, 0.1) is 16.8 Å². The molecule has 1 unspecified atom stereocenters. The second kappa shape index (κ2) is 3.15. The Morgan fingerprint density at radius 2 is 2.50 bits per heavy atom. The number of rotatable bonds is 3. The molecule has 12 heavy (non-hydrogen) atoms. The molecule has 0 saturated heterocycles. The fourth-order valence-corrected chi connectivity index (χ4v) is 1.98. The predicted octanol–water partition coefficient (Wildman–Crippen LogP) is 2.29. The minimum absolute atomic E-state index is 0.317. The van der Waals surface area contributed by atoms with Crippen LogP contribution in [0.4, 0.5) is 0 Å². The second-order valence-corrected chi connectivity index (χ2v) is 4.55. The molecular formula is C9H13NOS. The van der Waals surface area contributed by atoms with Crippen LogP contribution in [0.1, 0.15) is 36.1 Å². The van der Waals surface area contributed by atoms with Gasteiger partial charge >= 0.3 is 0 Å². The number of aromatic nitrogens is 1. The minimum atomic E-state index is -0.317. The molecule has 0 bridgehead atoms. The monoisotopic (exact) mass is 183 g/mol. The maximum atomic E-state index is 9.69. The summed E-state index contributed by atoms with van der Waals surface area (Å²) >= 11 is 1.61. The Balaban J connectivity index is 1.97. The van der Waals surface area contributed by atoms with Crippen molar-refractivity contribution in [3.63, 3.8) is 0 Å². The van der Waals surface area contributed by atoms with E-state index >= 15 is 0 Å². The standard InChI is InChI=1S/C9H13NOS/c1-6-10-8(5-12-6)9(11)4-7-2-3-7/h5,7,9,11H,2-4H2,1H3. The van der Waals surface area contributed by atoms with Crippen molar-refractivity contribution in [2.75, 3.05) is 0 Å². The van der Waals surface area contributed by atoms with E-state index in [1.165, 1.54) is 12.8 Å². The molecule has 1 fully saturated rings. The summed E-state index contributed by atoms with van der Waals surface area (Å²) in [5, 5.41) is 12.7. The molecule has 1 heterocycles. The van der Waals surface area contributed by atoms with Gasteiger partial charge in [0.1, 0.15) is 0 Å². The zero-order valence-electron chi connectivity index (χ0n) is 7.16. The topological polar surface area (TPSA) is 33.1 Å². The normalized spacial score (nSPS) is 19.5. The number of hydrogen-bond donors (Lipinski definition) is 1. The van der Waals surface area contributed by atoms with Crippen molar-refractivity contribution >= 4 is 11.3 Å². The minimum Gasteiger partial charge on any atom is -0.387 e. The highest BCUT2D eigenvalue weighted by atomic mass is 32.1. The van der Waals surface area contributed by atoms with Crippen LogP contribution in [0.15, 0.2) is 5.38 Å². The summed E-state index contributed by atoms with van der Waals surface area (Å²) in [5.74, 6) is 0.766. The molecular weight excluding hydrogens is 170 g/mol. The summed E-state index contributed by atoms with van der Waals surface area (Å²) < 4.78 is 0. The van der Waals surface area contributed by atoms with Crippen molar-refractivity contribution in [3.05, 3.63) is 16.1 Å². The molecule has 1 N–H and O–H groups in total. The smallest absolute Gasteiger partial charge is 0.0971 e. The highest BCUT2D eigenvalue weighted by molar-refractivity contribution is 7.09. The van der Waals surface area contributed by atoms with Gasteiger partial charge in [-0.3, -0.25) is 0 Å². The summed E-state index contributed by atoms with van der Waals surface area (Å²) in [4.78, 5) is 4.26. The molecule has 2 rings (SSSR count). The average Bonchev–Trinajstić information content (AvgIpc) is 2.72. The van der Waals surface area contributed by atoms with E-state index < -0.39 is 0 Å². The van der Waals surface area contributed by atoms with Crippen LogP contribution in [0.2, 0.25) is 0 Å². The van der Waals surface area contributed by atoms with Gasteiger partial charge in [0.25, 0.3) is 0 Å². The number of thiazole rings is 1. The van der Waals surface area contributed by atoms with Gasteiger partial charge in [-0.05, 0) is 19.3 Å². The predicted molar refractivity (Wildman–Crippen MR) is 49.2 cm³/mol. The molecule has 1 aliphatic carbocycles. The molecule has 0 aliphatic heterocycles. The lowest BCUT2D eigenvalue weighted by Gasteiger charge is -2.04. The lowest BCUT2D eigenvalue weighted by Crippen LogP contribution is -1.98. The van der Waals surface area contributed by atoms with E-state index in [1.54, 1.807) is 11.3 Å². The van der Waals surface area contributed by atoms with Crippen LogP contribution in [-0.4, -0.2) is 10.1 Å². The van der Waals surface area contributed by atoms with Gasteiger partial charge in [0.15, 0.2) is 0 Å². The quantitative estimate of drug-likeness (QED) is 0.780. The van der Waals surface area contributed by atoms with Crippen LogP contribution in [-0.2, 0) is 0 Å². The van der Waals surface area contributed by atoms with Crippen molar-refractivity contribution in [2.24, 2.45) is 5.92 Å². The third-order valence-corrected chi connectivity index (χ3v) is 3.02. The molecule has 0 spiro atoms. The van der Waals surface area contributed by atoms with Crippen LogP contribution in [0.25, 0.3) is 0 Å².